The van der Waals surface area contributed by atoms with Gasteiger partial charge in [0.05, 0.1) is 25.9 Å². The molecule has 1 aromatic carbocycles. The molecule has 1 heterocycles. The molecule has 0 radical (unpaired) electrons. The normalized spacial score (nSPS) is 18.2. The van der Waals surface area contributed by atoms with E-state index in [-0.39, 0.29) is 30.1 Å². The van der Waals surface area contributed by atoms with Crippen molar-refractivity contribution in [2.24, 2.45) is 4.99 Å². The molecule has 0 bridgehead atoms. The van der Waals surface area contributed by atoms with Crippen LogP contribution in [0.3, 0.4) is 0 Å². The second kappa shape index (κ2) is 12.3. The Balaban J connectivity index is 0.00000338. The van der Waals surface area contributed by atoms with Crippen LogP contribution < -0.4 is 10.1 Å². The maximum atomic E-state index is 5.80. The number of nitrogens with one attached hydrogen (secondary N) is 1. The largest absolute Gasteiger partial charge is 0.494 e. The summed E-state index contributed by atoms with van der Waals surface area (Å²) in [6.07, 6.45) is 0.172. The highest BCUT2D eigenvalue weighted by atomic mass is 127. The van der Waals surface area contributed by atoms with Gasteiger partial charge < -0.3 is 24.6 Å². The minimum absolute atomic E-state index is 0. The highest BCUT2D eigenvalue weighted by molar-refractivity contribution is 14.0. The van der Waals surface area contributed by atoms with Crippen LogP contribution in [0.5, 0.6) is 5.75 Å². The van der Waals surface area contributed by atoms with Gasteiger partial charge in [0.25, 0.3) is 0 Å². The standard InChI is InChI=1S/C19H32N4O2.HI/c1-5-20-19(21-13-18-15-22(3)11-12-25-18)23(4)14-16-7-9-17(10-8-16)24-6-2;/h7-10,18H,5-6,11-15H2,1-4H3,(H,20,21);1H. The fourth-order valence-corrected chi connectivity index (χ4v) is 2.84. The molecule has 1 unspecified atom stereocenters. The molecule has 6 nitrogen and oxygen atoms in total. The van der Waals surface area contributed by atoms with Gasteiger partial charge >= 0.3 is 0 Å². The predicted octanol–water partition coefficient (Wildman–Crippen LogP) is 2.43. The Morgan fingerprint density at radius 2 is 2.08 bits per heavy atom. The molecule has 148 valence electrons. The molecule has 0 aromatic heterocycles. The van der Waals surface area contributed by atoms with Gasteiger partial charge in [0, 0.05) is 33.2 Å². The minimum atomic E-state index is 0. The Morgan fingerprint density at radius 1 is 1.35 bits per heavy atom. The number of nitrogens with zero attached hydrogens (tertiary/aromatic N) is 3. The quantitative estimate of drug-likeness (QED) is 0.372. The van der Waals surface area contributed by atoms with Gasteiger partial charge in [0.2, 0.25) is 0 Å². The Morgan fingerprint density at radius 3 is 2.69 bits per heavy atom. The number of morpholine rings is 1. The van der Waals surface area contributed by atoms with Gasteiger partial charge in [0.1, 0.15) is 5.75 Å². The average molecular weight is 476 g/mol. The summed E-state index contributed by atoms with van der Waals surface area (Å²) in [4.78, 5) is 9.21. The average Bonchev–Trinajstić information content (AvgIpc) is 2.60. The summed E-state index contributed by atoms with van der Waals surface area (Å²) in [7, 11) is 4.19. The summed E-state index contributed by atoms with van der Waals surface area (Å²) in [5.41, 5.74) is 1.23. The maximum absolute atomic E-state index is 5.80. The van der Waals surface area contributed by atoms with Crippen molar-refractivity contribution in [2.75, 3.05) is 53.5 Å². The lowest BCUT2D eigenvalue weighted by atomic mass is 10.2. The summed E-state index contributed by atoms with van der Waals surface area (Å²) in [5.74, 6) is 1.82. The number of aliphatic imine (C=N–C) groups is 1. The van der Waals surface area contributed by atoms with E-state index in [9.17, 15) is 0 Å². The molecule has 7 heteroatoms. The van der Waals surface area contributed by atoms with Gasteiger partial charge in [-0.1, -0.05) is 12.1 Å². The zero-order valence-corrected chi connectivity index (χ0v) is 18.7. The van der Waals surface area contributed by atoms with Gasteiger partial charge in [-0.2, -0.15) is 0 Å². The SMILES string of the molecule is CCNC(=NCC1CN(C)CCO1)N(C)Cc1ccc(OCC)cc1.I. The van der Waals surface area contributed by atoms with Crippen molar-refractivity contribution >= 4 is 29.9 Å². The molecule has 1 fully saturated rings. The maximum Gasteiger partial charge on any atom is 0.194 e. The van der Waals surface area contributed by atoms with Gasteiger partial charge in [-0.15, -0.1) is 24.0 Å². The summed E-state index contributed by atoms with van der Waals surface area (Å²) in [6.45, 7) is 9.81. The van der Waals surface area contributed by atoms with Crippen LogP contribution in [-0.4, -0.2) is 75.4 Å². The van der Waals surface area contributed by atoms with Crippen molar-refractivity contribution < 1.29 is 9.47 Å². The molecule has 1 aliphatic heterocycles. The van der Waals surface area contributed by atoms with Crippen LogP contribution in [0, 0.1) is 0 Å². The Labute approximate surface area is 175 Å². The first kappa shape index (κ1) is 23.0. The zero-order valence-electron chi connectivity index (χ0n) is 16.4. The lowest BCUT2D eigenvalue weighted by Gasteiger charge is -2.29. The van der Waals surface area contributed by atoms with Crippen LogP contribution >= 0.6 is 24.0 Å². The van der Waals surface area contributed by atoms with Crippen molar-refractivity contribution in [1.82, 2.24) is 15.1 Å². The molecule has 26 heavy (non-hydrogen) atoms. The summed E-state index contributed by atoms with van der Waals surface area (Å²) < 4.78 is 11.3. The van der Waals surface area contributed by atoms with E-state index in [1.54, 1.807) is 0 Å². The molecule has 1 aliphatic rings. The number of guanidine groups is 1. The van der Waals surface area contributed by atoms with Crippen LogP contribution in [-0.2, 0) is 11.3 Å². The third-order valence-corrected chi connectivity index (χ3v) is 4.14. The third-order valence-electron chi connectivity index (χ3n) is 4.14. The highest BCUT2D eigenvalue weighted by Gasteiger charge is 2.17. The molecule has 1 atom stereocenters. The number of hydrogen-bond donors (Lipinski definition) is 1. The van der Waals surface area contributed by atoms with Crippen molar-refractivity contribution in [1.29, 1.82) is 0 Å². The first-order valence-electron chi connectivity index (χ1n) is 9.13. The Hall–Kier alpha value is -1.06. The lowest BCUT2D eigenvalue weighted by Crippen LogP contribution is -2.43. The summed E-state index contributed by atoms with van der Waals surface area (Å²) in [6, 6.07) is 8.24. The van der Waals surface area contributed by atoms with E-state index in [0.29, 0.717) is 13.2 Å². The van der Waals surface area contributed by atoms with Gasteiger partial charge in [0.15, 0.2) is 5.96 Å². The smallest absolute Gasteiger partial charge is 0.194 e. The minimum Gasteiger partial charge on any atom is -0.494 e. The molecule has 0 saturated carbocycles. The molecule has 1 aromatic rings. The number of likely N-dealkylation sites (N-methyl/N-ethyl adjacent to an activating group) is 1. The van der Waals surface area contributed by atoms with E-state index in [0.717, 1.165) is 44.5 Å². The van der Waals surface area contributed by atoms with Gasteiger partial charge in [-0.25, -0.2) is 0 Å². The Bertz CT molecular complexity index is 539. The molecule has 0 spiro atoms. The van der Waals surface area contributed by atoms with Crippen LogP contribution in [0.15, 0.2) is 29.3 Å². The zero-order chi connectivity index (χ0) is 18.1. The van der Waals surface area contributed by atoms with E-state index in [4.69, 9.17) is 14.5 Å². The first-order chi connectivity index (χ1) is 12.1. The number of ether oxygens (including phenoxy) is 2. The van der Waals surface area contributed by atoms with Crippen LogP contribution in [0.4, 0.5) is 0 Å². The first-order valence-corrected chi connectivity index (χ1v) is 9.13. The second-order valence-electron chi connectivity index (χ2n) is 6.38. The molecular formula is C19H33IN4O2. The number of benzene rings is 1. The van der Waals surface area contributed by atoms with E-state index in [1.165, 1.54) is 5.56 Å². The van der Waals surface area contributed by atoms with Crippen molar-refractivity contribution in [3.63, 3.8) is 0 Å². The van der Waals surface area contributed by atoms with Gasteiger partial charge in [-0.3, -0.25) is 4.99 Å². The summed E-state index contributed by atoms with van der Waals surface area (Å²) in [5, 5.41) is 3.37. The third kappa shape index (κ3) is 7.67. The van der Waals surface area contributed by atoms with E-state index < -0.39 is 0 Å². The molecule has 0 aliphatic carbocycles. The topological polar surface area (TPSA) is 49.3 Å². The Kier molecular flexibility index (Phi) is 10.9. The molecule has 0 amide bonds. The highest BCUT2D eigenvalue weighted by Crippen LogP contribution is 2.13. The van der Waals surface area contributed by atoms with Crippen molar-refractivity contribution in [3.8, 4) is 5.75 Å². The van der Waals surface area contributed by atoms with E-state index >= 15 is 0 Å². The second-order valence-corrected chi connectivity index (χ2v) is 6.38. The molecular weight excluding hydrogens is 443 g/mol. The van der Waals surface area contributed by atoms with Crippen molar-refractivity contribution in [2.45, 2.75) is 26.5 Å². The van der Waals surface area contributed by atoms with E-state index in [2.05, 4.69) is 48.3 Å². The van der Waals surface area contributed by atoms with Crippen LogP contribution in [0.1, 0.15) is 19.4 Å². The van der Waals surface area contributed by atoms with E-state index in [1.807, 2.05) is 19.1 Å². The number of hydrogen-bond acceptors (Lipinski definition) is 4. The lowest BCUT2D eigenvalue weighted by molar-refractivity contribution is -0.0137. The molecule has 1 N–H and O–H groups in total. The van der Waals surface area contributed by atoms with Crippen LogP contribution in [0.25, 0.3) is 0 Å². The van der Waals surface area contributed by atoms with Crippen molar-refractivity contribution in [3.05, 3.63) is 29.8 Å². The monoisotopic (exact) mass is 476 g/mol. The number of rotatable bonds is 7. The van der Waals surface area contributed by atoms with Gasteiger partial charge in [-0.05, 0) is 38.6 Å². The van der Waals surface area contributed by atoms with Crippen LogP contribution in [0.2, 0.25) is 0 Å². The fourth-order valence-electron chi connectivity index (χ4n) is 2.84. The predicted molar refractivity (Wildman–Crippen MR) is 118 cm³/mol. The number of halogens is 1. The molecule has 2 rings (SSSR count). The summed E-state index contributed by atoms with van der Waals surface area (Å²) >= 11 is 0. The fraction of sp³-hybridized carbons (Fsp3) is 0.632. The molecule has 1 saturated heterocycles.